The quantitative estimate of drug-likeness (QED) is 0.383. The van der Waals surface area contributed by atoms with E-state index in [4.69, 9.17) is 9.15 Å². The summed E-state index contributed by atoms with van der Waals surface area (Å²) in [4.78, 5) is 10.9. The van der Waals surface area contributed by atoms with Crippen molar-refractivity contribution >= 4 is 11.9 Å². The van der Waals surface area contributed by atoms with Gasteiger partial charge in [0.2, 0.25) is 0 Å². The highest BCUT2D eigenvalue weighted by molar-refractivity contribution is 5.78. The van der Waals surface area contributed by atoms with Crippen LogP contribution in [-0.2, 0) is 6.54 Å². The van der Waals surface area contributed by atoms with Crippen LogP contribution in [0.15, 0.2) is 64.1 Å². The lowest BCUT2D eigenvalue weighted by atomic mass is 10.1. The maximum absolute atomic E-state index is 11.3. The Morgan fingerprint density at radius 1 is 1.22 bits per heavy atom. The van der Waals surface area contributed by atoms with Gasteiger partial charge in [0.1, 0.15) is 17.3 Å². The van der Waals surface area contributed by atoms with E-state index in [1.807, 2.05) is 37.3 Å². The van der Waals surface area contributed by atoms with E-state index in [2.05, 4.69) is 10.5 Å². The van der Waals surface area contributed by atoms with Gasteiger partial charge < -0.3 is 14.6 Å². The van der Waals surface area contributed by atoms with E-state index in [0.717, 1.165) is 16.9 Å². The Bertz CT molecular complexity index is 979. The molecule has 2 aromatic carbocycles. The molecule has 7 heteroatoms. The van der Waals surface area contributed by atoms with Gasteiger partial charge in [-0.15, -0.1) is 0 Å². The van der Waals surface area contributed by atoms with Crippen molar-refractivity contribution in [3.8, 4) is 17.1 Å². The number of methoxy groups -OCH3 is 1. The predicted molar refractivity (Wildman–Crippen MR) is 103 cm³/mol. The summed E-state index contributed by atoms with van der Waals surface area (Å²) in [6.45, 7) is 2.31. The number of nitro benzene ring substituents is 1. The van der Waals surface area contributed by atoms with Gasteiger partial charge in [0.25, 0.3) is 5.69 Å². The van der Waals surface area contributed by atoms with Crippen LogP contribution in [0.1, 0.15) is 16.9 Å². The van der Waals surface area contributed by atoms with Crippen LogP contribution in [0.2, 0.25) is 0 Å². The average molecular weight is 365 g/mol. The number of benzene rings is 2. The third kappa shape index (κ3) is 4.33. The van der Waals surface area contributed by atoms with Gasteiger partial charge in [0.05, 0.1) is 30.4 Å². The second-order valence-electron chi connectivity index (χ2n) is 5.88. The van der Waals surface area contributed by atoms with Gasteiger partial charge >= 0.3 is 0 Å². The van der Waals surface area contributed by atoms with Crippen LogP contribution < -0.4 is 10.2 Å². The van der Waals surface area contributed by atoms with Crippen molar-refractivity contribution in [3.05, 3.63) is 81.6 Å². The number of aryl methyl sites for hydroxylation is 1. The molecule has 0 unspecified atom stereocenters. The molecule has 1 heterocycles. The number of nitrogens with one attached hydrogen (secondary N) is 1. The second-order valence-corrected chi connectivity index (χ2v) is 5.88. The first-order valence-electron chi connectivity index (χ1n) is 8.31. The molecule has 0 aliphatic carbocycles. The van der Waals surface area contributed by atoms with Gasteiger partial charge in [0.15, 0.2) is 0 Å². The minimum Gasteiger partial charge on any atom is -0.496 e. The molecule has 1 aromatic heterocycles. The molecule has 0 fully saturated rings. The SMILES string of the molecule is COc1ccccc1CN/N=C/c1ccc(-c2ccc(C)cc2[N+](=O)[O-])o1. The number of hydrazone groups is 1. The van der Waals surface area contributed by atoms with Crippen molar-refractivity contribution in [2.75, 3.05) is 7.11 Å². The number of rotatable bonds is 7. The Morgan fingerprint density at radius 3 is 2.81 bits per heavy atom. The molecule has 1 N–H and O–H groups in total. The largest absolute Gasteiger partial charge is 0.496 e. The van der Waals surface area contributed by atoms with E-state index in [1.165, 1.54) is 12.3 Å². The molecule has 0 bridgehead atoms. The van der Waals surface area contributed by atoms with Crippen molar-refractivity contribution in [1.29, 1.82) is 0 Å². The van der Waals surface area contributed by atoms with E-state index in [0.29, 0.717) is 23.6 Å². The molecule has 0 saturated heterocycles. The molecule has 138 valence electrons. The van der Waals surface area contributed by atoms with E-state index < -0.39 is 4.92 Å². The fraction of sp³-hybridized carbons (Fsp3) is 0.150. The van der Waals surface area contributed by atoms with Crippen LogP contribution in [-0.4, -0.2) is 18.2 Å². The van der Waals surface area contributed by atoms with Crippen LogP contribution >= 0.6 is 0 Å². The van der Waals surface area contributed by atoms with Gasteiger partial charge in [-0.2, -0.15) is 5.10 Å². The normalized spacial score (nSPS) is 10.9. The monoisotopic (exact) mass is 365 g/mol. The highest BCUT2D eigenvalue weighted by Gasteiger charge is 2.18. The molecule has 0 radical (unpaired) electrons. The molecule has 0 aliphatic rings. The number of ether oxygens (including phenoxy) is 1. The van der Waals surface area contributed by atoms with Crippen LogP contribution in [0.5, 0.6) is 5.75 Å². The number of furan rings is 1. The molecule has 3 rings (SSSR count). The molecule has 0 amide bonds. The summed E-state index contributed by atoms with van der Waals surface area (Å²) in [5.41, 5.74) is 5.18. The number of hydrogen-bond acceptors (Lipinski definition) is 6. The smallest absolute Gasteiger partial charge is 0.280 e. The minimum absolute atomic E-state index is 0.0159. The maximum Gasteiger partial charge on any atom is 0.280 e. The summed E-state index contributed by atoms with van der Waals surface area (Å²) in [6, 6.07) is 16.1. The zero-order valence-corrected chi connectivity index (χ0v) is 15.0. The molecule has 27 heavy (non-hydrogen) atoms. The summed E-state index contributed by atoms with van der Waals surface area (Å²) in [5.74, 6) is 1.70. The third-order valence-corrected chi connectivity index (χ3v) is 3.99. The fourth-order valence-electron chi connectivity index (χ4n) is 2.66. The van der Waals surface area contributed by atoms with Crippen LogP contribution in [0.25, 0.3) is 11.3 Å². The number of nitro groups is 1. The number of para-hydroxylation sites is 1. The Hall–Kier alpha value is -3.61. The van der Waals surface area contributed by atoms with Gasteiger partial charge in [-0.1, -0.05) is 24.3 Å². The first-order chi connectivity index (χ1) is 13.1. The standard InChI is InChI=1S/C20H19N3O4/c1-14-7-9-17(18(11-14)23(24)25)20-10-8-16(27-20)13-22-21-12-15-5-3-4-6-19(15)26-2/h3-11,13,21H,12H2,1-2H3/b22-13+. The van der Waals surface area contributed by atoms with Gasteiger partial charge in [0, 0.05) is 11.6 Å². The second kappa shape index (κ2) is 8.18. The van der Waals surface area contributed by atoms with Crippen molar-refractivity contribution in [2.45, 2.75) is 13.5 Å². The van der Waals surface area contributed by atoms with Crippen molar-refractivity contribution in [2.24, 2.45) is 5.10 Å². The zero-order chi connectivity index (χ0) is 19.2. The Morgan fingerprint density at radius 2 is 2.04 bits per heavy atom. The fourth-order valence-corrected chi connectivity index (χ4v) is 2.66. The minimum atomic E-state index is -0.409. The highest BCUT2D eigenvalue weighted by Crippen LogP contribution is 2.31. The zero-order valence-electron chi connectivity index (χ0n) is 15.0. The van der Waals surface area contributed by atoms with Gasteiger partial charge in [-0.25, -0.2) is 0 Å². The first-order valence-corrected chi connectivity index (χ1v) is 8.31. The summed E-state index contributed by atoms with van der Waals surface area (Å²) in [6.07, 6.45) is 1.53. The highest BCUT2D eigenvalue weighted by atomic mass is 16.6. The molecule has 0 atom stereocenters. The molecule has 0 aliphatic heterocycles. The Kier molecular flexibility index (Phi) is 5.51. The molecule has 7 nitrogen and oxygen atoms in total. The summed E-state index contributed by atoms with van der Waals surface area (Å²) >= 11 is 0. The van der Waals surface area contributed by atoms with E-state index in [-0.39, 0.29) is 5.69 Å². The van der Waals surface area contributed by atoms with E-state index in [9.17, 15) is 10.1 Å². The first kappa shape index (κ1) is 18.2. The predicted octanol–water partition coefficient (Wildman–Crippen LogP) is 4.30. The lowest BCUT2D eigenvalue weighted by molar-refractivity contribution is -0.384. The molecule has 0 saturated carbocycles. The van der Waals surface area contributed by atoms with Gasteiger partial charge in [-0.3, -0.25) is 10.1 Å². The van der Waals surface area contributed by atoms with Crippen LogP contribution in [0.3, 0.4) is 0 Å². The topological polar surface area (TPSA) is 89.9 Å². The van der Waals surface area contributed by atoms with Crippen LogP contribution in [0, 0.1) is 17.0 Å². The van der Waals surface area contributed by atoms with Crippen molar-refractivity contribution in [1.82, 2.24) is 5.43 Å². The third-order valence-electron chi connectivity index (χ3n) is 3.99. The van der Waals surface area contributed by atoms with E-state index in [1.54, 1.807) is 25.3 Å². The summed E-state index contributed by atoms with van der Waals surface area (Å²) in [5, 5.41) is 15.4. The van der Waals surface area contributed by atoms with Crippen molar-refractivity contribution in [3.63, 3.8) is 0 Å². The maximum atomic E-state index is 11.3. The van der Waals surface area contributed by atoms with Crippen molar-refractivity contribution < 1.29 is 14.1 Å². The Labute approximate surface area is 156 Å². The lowest BCUT2D eigenvalue weighted by Crippen LogP contribution is -2.06. The lowest BCUT2D eigenvalue weighted by Gasteiger charge is -2.06. The molecule has 3 aromatic rings. The van der Waals surface area contributed by atoms with Gasteiger partial charge in [-0.05, 0) is 36.8 Å². The number of hydrogen-bond donors (Lipinski definition) is 1. The molecular formula is C20H19N3O4. The number of nitrogens with zero attached hydrogens (tertiary/aromatic N) is 2. The van der Waals surface area contributed by atoms with Crippen LogP contribution in [0.4, 0.5) is 5.69 Å². The molecule has 0 spiro atoms. The summed E-state index contributed by atoms with van der Waals surface area (Å²) in [7, 11) is 1.62. The summed E-state index contributed by atoms with van der Waals surface area (Å²) < 4.78 is 11.0. The molecular weight excluding hydrogens is 346 g/mol. The van der Waals surface area contributed by atoms with E-state index >= 15 is 0 Å². The Balaban J connectivity index is 1.70. The average Bonchev–Trinajstić information content (AvgIpc) is 3.14.